The van der Waals surface area contributed by atoms with Crippen molar-refractivity contribution in [3.05, 3.63) is 64.6 Å². The Morgan fingerprint density at radius 3 is 2.72 bits per heavy atom. The Morgan fingerprint density at radius 1 is 1.14 bits per heavy atom. The average Bonchev–Trinajstić information content (AvgIpc) is 3.17. The SMILES string of the molecule is Cc1cccnc1NC(=O)C(C)(C)n1nc(-c2ccc3c(c2)OCO3)ccc1=O. The first-order valence-corrected chi connectivity index (χ1v) is 9.10. The molecule has 4 rings (SSSR count). The number of hydrogen-bond donors (Lipinski definition) is 1. The third-order valence-corrected chi connectivity index (χ3v) is 4.80. The maximum absolute atomic E-state index is 13.0. The quantitative estimate of drug-likeness (QED) is 0.734. The van der Waals surface area contributed by atoms with Crippen LogP contribution in [0, 0.1) is 6.92 Å². The van der Waals surface area contributed by atoms with E-state index >= 15 is 0 Å². The lowest BCUT2D eigenvalue weighted by Crippen LogP contribution is -2.47. The van der Waals surface area contributed by atoms with Crippen molar-refractivity contribution >= 4 is 11.7 Å². The Morgan fingerprint density at radius 2 is 1.93 bits per heavy atom. The predicted octanol–water partition coefficient (Wildman–Crippen LogP) is 2.72. The third-order valence-electron chi connectivity index (χ3n) is 4.80. The molecule has 0 saturated heterocycles. The van der Waals surface area contributed by atoms with Crippen molar-refractivity contribution in [2.24, 2.45) is 0 Å². The van der Waals surface area contributed by atoms with Gasteiger partial charge in [-0.2, -0.15) is 5.10 Å². The van der Waals surface area contributed by atoms with Gasteiger partial charge in [0, 0.05) is 17.8 Å². The molecule has 0 radical (unpaired) electrons. The summed E-state index contributed by atoms with van der Waals surface area (Å²) in [6.45, 7) is 5.29. The van der Waals surface area contributed by atoms with Crippen LogP contribution in [0.1, 0.15) is 19.4 Å². The van der Waals surface area contributed by atoms with Gasteiger partial charge in [0.2, 0.25) is 6.79 Å². The molecule has 1 aliphatic heterocycles. The lowest BCUT2D eigenvalue weighted by atomic mass is 10.0. The molecular formula is C21H20N4O4. The second-order valence-electron chi connectivity index (χ2n) is 7.22. The smallest absolute Gasteiger partial charge is 0.267 e. The molecular weight excluding hydrogens is 372 g/mol. The zero-order chi connectivity index (χ0) is 20.6. The number of carbonyl (C=O) groups is 1. The van der Waals surface area contributed by atoms with Crippen LogP contribution >= 0.6 is 0 Å². The number of amides is 1. The number of nitrogens with one attached hydrogen (secondary N) is 1. The average molecular weight is 392 g/mol. The van der Waals surface area contributed by atoms with E-state index in [0.29, 0.717) is 23.0 Å². The Bertz CT molecular complexity index is 1150. The van der Waals surface area contributed by atoms with Crippen molar-refractivity contribution in [3.63, 3.8) is 0 Å². The summed E-state index contributed by atoms with van der Waals surface area (Å²) in [4.78, 5) is 29.7. The Hall–Kier alpha value is -3.68. The molecule has 8 nitrogen and oxygen atoms in total. The van der Waals surface area contributed by atoms with Crippen LogP contribution in [0.5, 0.6) is 11.5 Å². The number of benzene rings is 1. The third kappa shape index (κ3) is 3.44. The number of aromatic nitrogens is 3. The van der Waals surface area contributed by atoms with E-state index in [1.165, 1.54) is 10.7 Å². The molecule has 1 amide bonds. The number of rotatable bonds is 4. The first-order chi connectivity index (χ1) is 13.9. The van der Waals surface area contributed by atoms with Crippen LogP contribution in [0.15, 0.2) is 53.5 Å². The van der Waals surface area contributed by atoms with Crippen molar-refractivity contribution in [2.75, 3.05) is 12.1 Å². The molecule has 1 aliphatic rings. The minimum Gasteiger partial charge on any atom is -0.454 e. The summed E-state index contributed by atoms with van der Waals surface area (Å²) in [6.07, 6.45) is 1.60. The first kappa shape index (κ1) is 18.7. The number of hydrogen-bond acceptors (Lipinski definition) is 6. The normalized spacial score (nSPS) is 12.7. The Balaban J connectivity index is 1.68. The van der Waals surface area contributed by atoms with Crippen molar-refractivity contribution < 1.29 is 14.3 Å². The number of fused-ring (bicyclic) bond motifs is 1. The summed E-state index contributed by atoms with van der Waals surface area (Å²) in [5.74, 6) is 1.33. The highest BCUT2D eigenvalue weighted by Crippen LogP contribution is 2.35. The van der Waals surface area contributed by atoms with E-state index < -0.39 is 11.4 Å². The summed E-state index contributed by atoms with van der Waals surface area (Å²) in [6, 6.07) is 12.1. The van der Waals surface area contributed by atoms with E-state index in [0.717, 1.165) is 11.1 Å². The van der Waals surface area contributed by atoms with E-state index in [1.54, 1.807) is 44.3 Å². The number of carbonyl (C=O) groups excluding carboxylic acids is 1. The highest BCUT2D eigenvalue weighted by atomic mass is 16.7. The Labute approximate surface area is 167 Å². The number of anilines is 1. The summed E-state index contributed by atoms with van der Waals surface area (Å²) >= 11 is 0. The molecule has 29 heavy (non-hydrogen) atoms. The van der Waals surface area contributed by atoms with Crippen LogP contribution in [0.3, 0.4) is 0 Å². The number of pyridine rings is 1. The second-order valence-corrected chi connectivity index (χ2v) is 7.22. The van der Waals surface area contributed by atoms with Crippen molar-refractivity contribution in [2.45, 2.75) is 26.3 Å². The molecule has 2 aromatic heterocycles. The van der Waals surface area contributed by atoms with Gasteiger partial charge in [0.05, 0.1) is 5.69 Å². The van der Waals surface area contributed by atoms with Gasteiger partial charge in [-0.1, -0.05) is 6.07 Å². The number of ether oxygens (including phenoxy) is 2. The topological polar surface area (TPSA) is 95.3 Å². The largest absolute Gasteiger partial charge is 0.454 e. The predicted molar refractivity (Wildman–Crippen MR) is 107 cm³/mol. The van der Waals surface area contributed by atoms with Crippen LogP contribution in [-0.2, 0) is 10.3 Å². The highest BCUT2D eigenvalue weighted by molar-refractivity contribution is 5.95. The zero-order valence-electron chi connectivity index (χ0n) is 16.3. The van der Waals surface area contributed by atoms with Gasteiger partial charge in [-0.05, 0) is 56.7 Å². The second kappa shape index (κ2) is 7.05. The fraction of sp³-hybridized carbons (Fsp3) is 0.238. The maximum atomic E-state index is 13.0. The van der Waals surface area contributed by atoms with Gasteiger partial charge in [0.15, 0.2) is 11.5 Å². The van der Waals surface area contributed by atoms with Crippen LogP contribution in [0.25, 0.3) is 11.3 Å². The lowest BCUT2D eigenvalue weighted by molar-refractivity contribution is -0.123. The minimum atomic E-state index is -1.24. The standard InChI is InChI=1S/C21H20N4O4/c1-13-5-4-10-22-19(13)23-20(27)21(2,3)25-18(26)9-7-15(24-25)14-6-8-16-17(11-14)29-12-28-16/h4-11H,12H2,1-3H3,(H,22,23,27). The highest BCUT2D eigenvalue weighted by Gasteiger charge is 2.33. The molecule has 0 fully saturated rings. The minimum absolute atomic E-state index is 0.172. The van der Waals surface area contributed by atoms with Gasteiger partial charge >= 0.3 is 0 Å². The van der Waals surface area contributed by atoms with Crippen molar-refractivity contribution in [3.8, 4) is 22.8 Å². The van der Waals surface area contributed by atoms with E-state index in [1.807, 2.05) is 19.1 Å². The summed E-state index contributed by atoms with van der Waals surface area (Å²) in [5.41, 5.74) is 0.490. The van der Waals surface area contributed by atoms with Crippen molar-refractivity contribution in [1.82, 2.24) is 14.8 Å². The Kier molecular flexibility index (Phi) is 4.54. The molecule has 0 unspecified atom stereocenters. The summed E-state index contributed by atoms with van der Waals surface area (Å²) in [7, 11) is 0. The monoisotopic (exact) mass is 392 g/mol. The first-order valence-electron chi connectivity index (χ1n) is 9.10. The van der Waals surface area contributed by atoms with Crippen molar-refractivity contribution in [1.29, 1.82) is 0 Å². The molecule has 3 aromatic rings. The molecule has 8 heteroatoms. The van der Waals surface area contributed by atoms with Crippen LogP contribution in [0.4, 0.5) is 5.82 Å². The molecule has 1 N–H and O–H groups in total. The molecule has 1 aromatic carbocycles. The van der Waals surface area contributed by atoms with E-state index in [9.17, 15) is 9.59 Å². The van der Waals surface area contributed by atoms with Gasteiger partial charge < -0.3 is 14.8 Å². The fourth-order valence-corrected chi connectivity index (χ4v) is 2.99. The van der Waals surface area contributed by atoms with Gasteiger partial charge in [-0.25, -0.2) is 9.67 Å². The van der Waals surface area contributed by atoms with Gasteiger partial charge in [0.25, 0.3) is 11.5 Å². The summed E-state index contributed by atoms with van der Waals surface area (Å²) in [5, 5.41) is 7.23. The van der Waals surface area contributed by atoms with E-state index in [4.69, 9.17) is 9.47 Å². The van der Waals surface area contributed by atoms with Gasteiger partial charge in [-0.3, -0.25) is 9.59 Å². The van der Waals surface area contributed by atoms with E-state index in [2.05, 4.69) is 15.4 Å². The fourth-order valence-electron chi connectivity index (χ4n) is 2.99. The lowest BCUT2D eigenvalue weighted by Gasteiger charge is -2.25. The molecule has 148 valence electrons. The van der Waals surface area contributed by atoms with Crippen LogP contribution in [0.2, 0.25) is 0 Å². The molecule has 3 heterocycles. The van der Waals surface area contributed by atoms with Crippen LogP contribution in [-0.4, -0.2) is 27.5 Å². The number of aryl methyl sites for hydroxylation is 1. The molecule has 0 bridgehead atoms. The maximum Gasteiger partial charge on any atom is 0.267 e. The molecule has 0 spiro atoms. The molecule has 0 saturated carbocycles. The molecule has 0 aliphatic carbocycles. The zero-order valence-corrected chi connectivity index (χ0v) is 16.3. The molecule has 0 atom stereocenters. The van der Waals surface area contributed by atoms with Gasteiger partial charge in [-0.15, -0.1) is 0 Å². The van der Waals surface area contributed by atoms with E-state index in [-0.39, 0.29) is 12.4 Å². The van der Waals surface area contributed by atoms with Gasteiger partial charge in [0.1, 0.15) is 11.4 Å². The summed E-state index contributed by atoms with van der Waals surface area (Å²) < 4.78 is 11.9. The van der Waals surface area contributed by atoms with Crippen LogP contribution < -0.4 is 20.3 Å². The number of nitrogens with zero attached hydrogens (tertiary/aromatic N) is 3.